The van der Waals surface area contributed by atoms with Crippen LogP contribution in [-0.4, -0.2) is 24.3 Å². The zero-order chi connectivity index (χ0) is 8.15. The minimum absolute atomic E-state index is 0.120. The summed E-state index contributed by atoms with van der Waals surface area (Å²) in [5.41, 5.74) is 0. The fraction of sp³-hybridized carbons (Fsp3) is 0.857. The quantitative estimate of drug-likeness (QED) is 0.550. The molecular weight excluding hydrogens is 128 g/mol. The Morgan fingerprint density at radius 2 is 2.00 bits per heavy atom. The molecule has 0 saturated carbocycles. The second kappa shape index (κ2) is 4.26. The number of nitriles is 1. The molecule has 0 aliphatic carbocycles. The Labute approximate surface area is 61.7 Å². The summed E-state index contributed by atoms with van der Waals surface area (Å²) in [6.45, 7) is 3.92. The minimum atomic E-state index is -0.898. The van der Waals surface area contributed by atoms with E-state index in [2.05, 4.69) is 5.32 Å². The van der Waals surface area contributed by atoms with Crippen molar-refractivity contribution in [3.05, 3.63) is 0 Å². The van der Waals surface area contributed by atoms with Crippen molar-refractivity contribution in [1.29, 1.82) is 5.26 Å². The Morgan fingerprint density at radius 1 is 1.50 bits per heavy atom. The number of aliphatic hydroxyl groups is 1. The van der Waals surface area contributed by atoms with Gasteiger partial charge < -0.3 is 10.4 Å². The monoisotopic (exact) mass is 142 g/mol. The van der Waals surface area contributed by atoms with Crippen LogP contribution in [0.4, 0.5) is 0 Å². The van der Waals surface area contributed by atoms with Crippen molar-refractivity contribution in [3.63, 3.8) is 0 Å². The van der Waals surface area contributed by atoms with E-state index in [1.165, 1.54) is 0 Å². The first-order chi connectivity index (χ1) is 4.63. The van der Waals surface area contributed by atoms with E-state index in [4.69, 9.17) is 10.4 Å². The van der Waals surface area contributed by atoms with Crippen molar-refractivity contribution >= 4 is 0 Å². The first-order valence-corrected chi connectivity index (χ1v) is 3.38. The van der Waals surface area contributed by atoms with Crippen LogP contribution in [0, 0.1) is 17.2 Å². The molecule has 10 heavy (non-hydrogen) atoms. The molecule has 3 heteroatoms. The summed E-state index contributed by atoms with van der Waals surface area (Å²) in [6.07, 6.45) is -0.898. The zero-order valence-corrected chi connectivity index (χ0v) is 6.63. The van der Waals surface area contributed by atoms with E-state index in [0.29, 0.717) is 0 Å². The molecule has 58 valence electrons. The van der Waals surface area contributed by atoms with E-state index >= 15 is 0 Å². The number of hydrogen-bond acceptors (Lipinski definition) is 3. The average Bonchev–Trinajstić information content (AvgIpc) is 1.88. The highest BCUT2D eigenvalue weighted by atomic mass is 16.3. The van der Waals surface area contributed by atoms with Crippen LogP contribution < -0.4 is 5.32 Å². The molecule has 2 N–H and O–H groups in total. The summed E-state index contributed by atoms with van der Waals surface area (Å²) in [5, 5.41) is 20.3. The Balaban J connectivity index is 3.96. The highest BCUT2D eigenvalue weighted by molar-refractivity contribution is 4.92. The Hall–Kier alpha value is -0.590. The van der Waals surface area contributed by atoms with Gasteiger partial charge in [-0.25, -0.2) is 0 Å². The number of nitrogens with one attached hydrogen (secondary N) is 1. The van der Waals surface area contributed by atoms with Gasteiger partial charge >= 0.3 is 0 Å². The smallest absolute Gasteiger partial charge is 0.155 e. The SMILES string of the molecule is CN[C@@H](C(C)C)C(O)C#N. The van der Waals surface area contributed by atoms with Gasteiger partial charge in [-0.1, -0.05) is 13.8 Å². The third-order valence-electron chi connectivity index (χ3n) is 1.52. The Kier molecular flexibility index (Phi) is 4.01. The maximum atomic E-state index is 9.06. The number of aliphatic hydroxyl groups excluding tert-OH is 1. The molecule has 3 nitrogen and oxygen atoms in total. The topological polar surface area (TPSA) is 56.0 Å². The van der Waals surface area contributed by atoms with Crippen LogP contribution in [0.2, 0.25) is 0 Å². The van der Waals surface area contributed by atoms with Crippen molar-refractivity contribution < 1.29 is 5.11 Å². The lowest BCUT2D eigenvalue weighted by Gasteiger charge is -2.20. The lowest BCUT2D eigenvalue weighted by Crippen LogP contribution is -2.40. The number of rotatable bonds is 3. The maximum Gasteiger partial charge on any atom is 0.155 e. The molecule has 0 aliphatic rings. The highest BCUT2D eigenvalue weighted by Gasteiger charge is 2.19. The molecule has 0 aromatic carbocycles. The van der Waals surface area contributed by atoms with Gasteiger partial charge in [0.25, 0.3) is 0 Å². The van der Waals surface area contributed by atoms with Gasteiger partial charge in [-0.15, -0.1) is 0 Å². The predicted octanol–water partition coefficient (Wildman–Crippen LogP) is 0.115. The molecule has 0 aromatic heterocycles. The fourth-order valence-electron chi connectivity index (χ4n) is 0.936. The molecule has 0 rings (SSSR count). The predicted molar refractivity (Wildman–Crippen MR) is 39.3 cm³/mol. The van der Waals surface area contributed by atoms with Crippen LogP contribution in [0.15, 0.2) is 0 Å². The van der Waals surface area contributed by atoms with Crippen molar-refractivity contribution in [3.8, 4) is 6.07 Å². The standard InChI is InChI=1S/C7H14N2O/c1-5(2)7(9-3)6(10)4-8/h5-7,9-10H,1-3H3/t6?,7-/m0/s1. The molecule has 0 fully saturated rings. The zero-order valence-electron chi connectivity index (χ0n) is 6.63. The van der Waals surface area contributed by atoms with Crippen LogP contribution >= 0.6 is 0 Å². The molecule has 2 atom stereocenters. The summed E-state index contributed by atoms with van der Waals surface area (Å²) in [4.78, 5) is 0. The molecule has 0 spiro atoms. The Morgan fingerprint density at radius 3 is 2.10 bits per heavy atom. The van der Waals surface area contributed by atoms with Gasteiger partial charge in [0.1, 0.15) is 0 Å². The number of likely N-dealkylation sites (N-methyl/N-ethyl adjacent to an activating group) is 1. The normalized spacial score (nSPS) is 16.4. The fourth-order valence-corrected chi connectivity index (χ4v) is 0.936. The van der Waals surface area contributed by atoms with E-state index in [0.717, 1.165) is 0 Å². The minimum Gasteiger partial charge on any atom is -0.376 e. The molecule has 0 radical (unpaired) electrons. The van der Waals surface area contributed by atoms with Gasteiger partial charge in [0.15, 0.2) is 6.10 Å². The highest BCUT2D eigenvalue weighted by Crippen LogP contribution is 2.04. The second-order valence-corrected chi connectivity index (χ2v) is 2.63. The molecule has 0 aromatic rings. The summed E-state index contributed by atoms with van der Waals surface area (Å²) < 4.78 is 0. The van der Waals surface area contributed by atoms with E-state index in [9.17, 15) is 0 Å². The van der Waals surface area contributed by atoms with Crippen LogP contribution in [0.1, 0.15) is 13.8 Å². The van der Waals surface area contributed by atoms with Crippen LogP contribution in [0.5, 0.6) is 0 Å². The van der Waals surface area contributed by atoms with Crippen molar-refractivity contribution in [1.82, 2.24) is 5.32 Å². The Bertz CT molecular complexity index is 128. The first kappa shape index (κ1) is 9.41. The van der Waals surface area contributed by atoms with E-state index in [1.807, 2.05) is 13.8 Å². The van der Waals surface area contributed by atoms with Gasteiger partial charge in [-0.3, -0.25) is 0 Å². The summed E-state index contributed by atoms with van der Waals surface area (Å²) in [6, 6.07) is 1.67. The number of hydrogen-bond donors (Lipinski definition) is 2. The maximum absolute atomic E-state index is 9.06. The largest absolute Gasteiger partial charge is 0.376 e. The van der Waals surface area contributed by atoms with Crippen LogP contribution in [0.25, 0.3) is 0 Å². The lowest BCUT2D eigenvalue weighted by molar-refractivity contribution is 0.157. The van der Waals surface area contributed by atoms with Crippen molar-refractivity contribution in [2.75, 3.05) is 7.05 Å². The van der Waals surface area contributed by atoms with E-state index in [-0.39, 0.29) is 12.0 Å². The molecule has 1 unspecified atom stereocenters. The molecule has 0 saturated heterocycles. The molecular formula is C7H14N2O. The lowest BCUT2D eigenvalue weighted by atomic mass is 10.00. The van der Waals surface area contributed by atoms with Crippen LogP contribution in [-0.2, 0) is 0 Å². The third kappa shape index (κ3) is 2.34. The van der Waals surface area contributed by atoms with Gasteiger partial charge in [-0.2, -0.15) is 5.26 Å². The first-order valence-electron chi connectivity index (χ1n) is 3.38. The molecule has 0 bridgehead atoms. The summed E-state index contributed by atoms with van der Waals surface area (Å²) in [7, 11) is 1.74. The van der Waals surface area contributed by atoms with Gasteiger partial charge in [0.2, 0.25) is 0 Å². The second-order valence-electron chi connectivity index (χ2n) is 2.63. The summed E-state index contributed by atoms with van der Waals surface area (Å²) in [5.74, 6) is 0.277. The molecule has 0 aliphatic heterocycles. The van der Waals surface area contributed by atoms with Crippen molar-refractivity contribution in [2.24, 2.45) is 5.92 Å². The van der Waals surface area contributed by atoms with Crippen molar-refractivity contribution in [2.45, 2.75) is 26.0 Å². The van der Waals surface area contributed by atoms with E-state index < -0.39 is 6.10 Å². The third-order valence-corrected chi connectivity index (χ3v) is 1.52. The van der Waals surface area contributed by atoms with Gasteiger partial charge in [0.05, 0.1) is 6.07 Å². The molecule has 0 amide bonds. The van der Waals surface area contributed by atoms with Crippen LogP contribution in [0.3, 0.4) is 0 Å². The molecule has 0 heterocycles. The average molecular weight is 142 g/mol. The van der Waals surface area contributed by atoms with E-state index in [1.54, 1.807) is 13.1 Å². The van der Waals surface area contributed by atoms with Gasteiger partial charge in [-0.05, 0) is 13.0 Å². The number of nitrogens with zero attached hydrogens (tertiary/aromatic N) is 1. The summed E-state index contributed by atoms with van der Waals surface area (Å²) >= 11 is 0. The van der Waals surface area contributed by atoms with Gasteiger partial charge in [0, 0.05) is 6.04 Å².